The third-order valence-corrected chi connectivity index (χ3v) is 6.00. The molecule has 2 rings (SSSR count). The van der Waals surface area contributed by atoms with Crippen LogP contribution in [0.2, 0.25) is 5.02 Å². The molecular formula is C13H10BrClINO2S. The van der Waals surface area contributed by atoms with E-state index in [2.05, 4.69) is 20.7 Å². The lowest BCUT2D eigenvalue weighted by Crippen LogP contribution is -2.14. The summed E-state index contributed by atoms with van der Waals surface area (Å²) in [4.78, 5) is 0.226. The van der Waals surface area contributed by atoms with Crippen LogP contribution in [0.3, 0.4) is 0 Å². The Kier molecular flexibility index (Phi) is 4.99. The van der Waals surface area contributed by atoms with Crippen LogP contribution in [0.5, 0.6) is 0 Å². The zero-order valence-electron chi connectivity index (χ0n) is 10.3. The Hall–Kier alpha value is -0.310. The van der Waals surface area contributed by atoms with Crippen LogP contribution in [0.1, 0.15) is 5.56 Å². The van der Waals surface area contributed by atoms with Crippen molar-refractivity contribution in [1.82, 2.24) is 0 Å². The molecule has 2 aromatic rings. The number of halogens is 3. The molecule has 0 aliphatic rings. The fourth-order valence-corrected chi connectivity index (χ4v) is 4.16. The van der Waals surface area contributed by atoms with Gasteiger partial charge < -0.3 is 0 Å². The summed E-state index contributed by atoms with van der Waals surface area (Å²) < 4.78 is 28.9. The summed E-state index contributed by atoms with van der Waals surface area (Å²) in [5.41, 5.74) is 1.37. The minimum Gasteiger partial charge on any atom is -0.279 e. The first-order valence-electron chi connectivity index (χ1n) is 5.53. The Morgan fingerprint density at radius 3 is 2.50 bits per heavy atom. The highest BCUT2D eigenvalue weighted by molar-refractivity contribution is 14.1. The third kappa shape index (κ3) is 3.66. The first-order chi connectivity index (χ1) is 9.29. The number of anilines is 1. The molecule has 0 aromatic heterocycles. The number of rotatable bonds is 3. The van der Waals surface area contributed by atoms with Gasteiger partial charge in [-0.3, -0.25) is 4.72 Å². The van der Waals surface area contributed by atoms with Crippen molar-refractivity contribution >= 4 is 65.8 Å². The van der Waals surface area contributed by atoms with E-state index >= 15 is 0 Å². The van der Waals surface area contributed by atoms with Crippen molar-refractivity contribution in [1.29, 1.82) is 0 Å². The van der Waals surface area contributed by atoms with Crippen LogP contribution < -0.4 is 4.72 Å². The van der Waals surface area contributed by atoms with Gasteiger partial charge in [-0.15, -0.1) is 0 Å². The lowest BCUT2D eigenvalue weighted by atomic mass is 10.2. The molecular weight excluding hydrogens is 476 g/mol. The van der Waals surface area contributed by atoms with Gasteiger partial charge in [0.25, 0.3) is 10.0 Å². The average Bonchev–Trinajstić information content (AvgIpc) is 2.36. The zero-order valence-corrected chi connectivity index (χ0v) is 15.6. The van der Waals surface area contributed by atoms with E-state index in [1.54, 1.807) is 36.4 Å². The molecule has 1 N–H and O–H groups in total. The highest BCUT2D eigenvalue weighted by Gasteiger charge is 2.16. The molecule has 0 saturated heterocycles. The maximum absolute atomic E-state index is 12.3. The Bertz CT molecular complexity index is 765. The Morgan fingerprint density at radius 1 is 1.20 bits per heavy atom. The molecule has 0 bridgehead atoms. The van der Waals surface area contributed by atoms with Crippen LogP contribution in [-0.4, -0.2) is 8.42 Å². The minimum atomic E-state index is -3.61. The molecule has 0 atom stereocenters. The molecule has 0 aliphatic carbocycles. The first-order valence-corrected chi connectivity index (χ1v) is 9.27. The second-order valence-electron chi connectivity index (χ2n) is 4.14. The fraction of sp³-hybridized carbons (Fsp3) is 0.0769. The molecule has 0 heterocycles. The topological polar surface area (TPSA) is 46.2 Å². The van der Waals surface area contributed by atoms with E-state index in [0.717, 1.165) is 13.6 Å². The van der Waals surface area contributed by atoms with E-state index in [1.807, 2.05) is 29.5 Å². The largest absolute Gasteiger partial charge is 0.279 e. The summed E-state index contributed by atoms with van der Waals surface area (Å²) in [7, 11) is -3.61. The zero-order chi connectivity index (χ0) is 14.9. The van der Waals surface area contributed by atoms with Crippen molar-refractivity contribution < 1.29 is 8.42 Å². The molecule has 0 fully saturated rings. The van der Waals surface area contributed by atoms with E-state index in [4.69, 9.17) is 11.6 Å². The second-order valence-corrected chi connectivity index (χ2v) is 8.28. The van der Waals surface area contributed by atoms with Gasteiger partial charge in [-0.2, -0.15) is 0 Å². The van der Waals surface area contributed by atoms with Crippen LogP contribution in [0.25, 0.3) is 0 Å². The van der Waals surface area contributed by atoms with Crippen molar-refractivity contribution in [2.24, 2.45) is 0 Å². The summed E-state index contributed by atoms with van der Waals surface area (Å²) in [6.07, 6.45) is 0. The van der Waals surface area contributed by atoms with E-state index in [1.165, 1.54) is 0 Å². The third-order valence-electron chi connectivity index (χ3n) is 2.62. The molecule has 2 aromatic carbocycles. The molecule has 0 radical (unpaired) electrons. The number of nitrogens with one attached hydrogen (secondary N) is 1. The van der Waals surface area contributed by atoms with Gasteiger partial charge in [0, 0.05) is 13.1 Å². The van der Waals surface area contributed by atoms with Crippen LogP contribution in [0.4, 0.5) is 5.69 Å². The highest BCUT2D eigenvalue weighted by Crippen LogP contribution is 2.26. The van der Waals surface area contributed by atoms with Gasteiger partial charge in [-0.05, 0) is 71.5 Å². The number of hydrogen-bond acceptors (Lipinski definition) is 2. The molecule has 3 nitrogen and oxygen atoms in total. The van der Waals surface area contributed by atoms with Gasteiger partial charge in [0.15, 0.2) is 0 Å². The summed E-state index contributed by atoms with van der Waals surface area (Å²) in [6, 6.07) is 9.89. The van der Waals surface area contributed by atoms with Gasteiger partial charge in [0.05, 0.1) is 10.6 Å². The van der Waals surface area contributed by atoms with Crippen molar-refractivity contribution in [3.05, 3.63) is 55.0 Å². The Balaban J connectivity index is 2.38. The Labute approximate surface area is 145 Å². The molecule has 0 aliphatic heterocycles. The van der Waals surface area contributed by atoms with Crippen molar-refractivity contribution in [3.8, 4) is 0 Å². The lowest BCUT2D eigenvalue weighted by Gasteiger charge is -2.11. The quantitative estimate of drug-likeness (QED) is 0.633. The maximum atomic E-state index is 12.3. The highest BCUT2D eigenvalue weighted by atomic mass is 127. The number of benzene rings is 2. The van der Waals surface area contributed by atoms with E-state index < -0.39 is 10.0 Å². The van der Waals surface area contributed by atoms with Crippen LogP contribution in [-0.2, 0) is 10.0 Å². The number of sulfonamides is 1. The lowest BCUT2D eigenvalue weighted by molar-refractivity contribution is 0.601. The van der Waals surface area contributed by atoms with Crippen LogP contribution in [0, 0.1) is 10.5 Å². The molecule has 0 saturated carbocycles. The van der Waals surface area contributed by atoms with Gasteiger partial charge in [0.1, 0.15) is 0 Å². The smallest absolute Gasteiger partial charge is 0.261 e. The standard InChI is InChI=1S/C13H10BrClINO2S/c1-8-6-10(3-4-11(8)14)20(18,19)17-13-5-2-9(15)7-12(13)16/h2-7,17H,1H3. The summed E-state index contributed by atoms with van der Waals surface area (Å²) >= 11 is 11.2. The van der Waals surface area contributed by atoms with Gasteiger partial charge in [0.2, 0.25) is 0 Å². The summed E-state index contributed by atoms with van der Waals surface area (Å²) in [5, 5.41) is 0.567. The SMILES string of the molecule is Cc1cc(S(=O)(=O)Nc2ccc(Cl)cc2I)ccc1Br. The maximum Gasteiger partial charge on any atom is 0.261 e. The summed E-state index contributed by atoms with van der Waals surface area (Å²) in [5.74, 6) is 0. The van der Waals surface area contributed by atoms with Gasteiger partial charge in [-0.1, -0.05) is 27.5 Å². The fourth-order valence-electron chi connectivity index (χ4n) is 1.56. The molecule has 7 heteroatoms. The minimum absolute atomic E-state index is 0.226. The van der Waals surface area contributed by atoms with E-state index in [-0.39, 0.29) is 4.90 Å². The van der Waals surface area contributed by atoms with Crippen molar-refractivity contribution in [3.63, 3.8) is 0 Å². The predicted octanol–water partition coefficient (Wildman–Crippen LogP) is 4.82. The monoisotopic (exact) mass is 485 g/mol. The number of aryl methyl sites for hydroxylation is 1. The molecule has 0 spiro atoms. The van der Waals surface area contributed by atoms with Crippen LogP contribution >= 0.6 is 50.1 Å². The average molecular weight is 487 g/mol. The van der Waals surface area contributed by atoms with Crippen molar-refractivity contribution in [2.45, 2.75) is 11.8 Å². The van der Waals surface area contributed by atoms with E-state index in [9.17, 15) is 8.42 Å². The van der Waals surface area contributed by atoms with Crippen molar-refractivity contribution in [2.75, 3.05) is 4.72 Å². The molecule has 106 valence electrons. The second kappa shape index (κ2) is 6.21. The summed E-state index contributed by atoms with van der Waals surface area (Å²) in [6.45, 7) is 1.84. The molecule has 0 unspecified atom stereocenters. The Morgan fingerprint density at radius 2 is 1.90 bits per heavy atom. The molecule has 20 heavy (non-hydrogen) atoms. The van der Waals surface area contributed by atoms with E-state index in [0.29, 0.717) is 10.7 Å². The van der Waals surface area contributed by atoms with Crippen LogP contribution in [0.15, 0.2) is 45.8 Å². The predicted molar refractivity (Wildman–Crippen MR) is 93.9 cm³/mol. The first kappa shape index (κ1) is 16.1. The normalized spacial score (nSPS) is 11.4. The van der Waals surface area contributed by atoms with Gasteiger partial charge >= 0.3 is 0 Å². The number of hydrogen-bond donors (Lipinski definition) is 1. The molecule has 0 amide bonds. The van der Waals surface area contributed by atoms with Gasteiger partial charge in [-0.25, -0.2) is 8.42 Å².